The Morgan fingerprint density at radius 1 is 0.794 bits per heavy atom. The van der Waals surface area contributed by atoms with Crippen LogP contribution in [0, 0.1) is 0 Å². The zero-order valence-corrected chi connectivity index (χ0v) is 18.9. The fourth-order valence-electron chi connectivity index (χ4n) is 3.24. The summed E-state index contributed by atoms with van der Waals surface area (Å²) in [6.07, 6.45) is 1.03. The molecule has 0 aliphatic heterocycles. The van der Waals surface area contributed by atoms with Gasteiger partial charge in [-0.2, -0.15) is 0 Å². The number of sulfone groups is 1. The normalized spacial score (nSPS) is 11.2. The molecule has 172 valence electrons. The largest absolute Gasteiger partial charge is 0.507 e. The molecule has 0 aliphatic carbocycles. The average Bonchev–Trinajstić information content (AvgIpc) is 2.83. The Morgan fingerprint density at radius 2 is 1.44 bits per heavy atom. The number of rotatable bonds is 5. The number of nitrogens with zero attached hydrogens (tertiary/aromatic N) is 3. The van der Waals surface area contributed by atoms with E-state index in [0.29, 0.717) is 11.1 Å². The number of phenolic OH excluding ortho intramolecular Hbond substituents is 2. The summed E-state index contributed by atoms with van der Waals surface area (Å²) >= 11 is 0. The molecule has 0 bridgehead atoms. The van der Waals surface area contributed by atoms with Crippen LogP contribution in [0.1, 0.15) is 10.4 Å². The quantitative estimate of drug-likeness (QED) is 0.413. The lowest BCUT2D eigenvalue weighted by Gasteiger charge is -2.11. The Hall–Kier alpha value is -4.31. The van der Waals surface area contributed by atoms with Gasteiger partial charge in [0.15, 0.2) is 27.3 Å². The van der Waals surface area contributed by atoms with E-state index in [1.165, 1.54) is 25.3 Å². The molecule has 0 radical (unpaired) electrons. The molecule has 4 rings (SSSR count). The number of para-hydroxylation sites is 1. The fraction of sp³-hybridized carbons (Fsp3) is 0.0833. The molecule has 0 atom stereocenters. The zero-order chi connectivity index (χ0) is 24.5. The molecule has 1 aromatic heterocycles. The van der Waals surface area contributed by atoms with E-state index in [1.807, 2.05) is 0 Å². The second-order valence-corrected chi connectivity index (χ2v) is 9.36. The van der Waals surface area contributed by atoms with Crippen molar-refractivity contribution in [1.29, 1.82) is 0 Å². The molecule has 0 saturated heterocycles. The first-order chi connectivity index (χ1) is 16.2. The molecule has 0 fully saturated rings. The Bertz CT molecular complexity index is 1520. The highest BCUT2D eigenvalue weighted by Gasteiger charge is 2.19. The third-order valence-electron chi connectivity index (χ3n) is 4.96. The van der Waals surface area contributed by atoms with Crippen LogP contribution in [0.3, 0.4) is 0 Å². The van der Waals surface area contributed by atoms with Gasteiger partial charge in [-0.25, -0.2) is 28.2 Å². The van der Waals surface area contributed by atoms with Crippen molar-refractivity contribution < 1.29 is 28.2 Å². The van der Waals surface area contributed by atoms with Crippen molar-refractivity contribution in [3.8, 4) is 45.7 Å². The van der Waals surface area contributed by atoms with Gasteiger partial charge in [-0.05, 0) is 42.5 Å². The lowest BCUT2D eigenvalue weighted by Crippen LogP contribution is -2.03. The van der Waals surface area contributed by atoms with Crippen molar-refractivity contribution >= 4 is 15.8 Å². The number of hydrogen-bond acceptors (Lipinski definition) is 9. The summed E-state index contributed by atoms with van der Waals surface area (Å²) in [4.78, 5) is 25.2. The van der Waals surface area contributed by atoms with Gasteiger partial charge in [-0.1, -0.05) is 24.3 Å². The SMILES string of the molecule is COC(=O)c1cccc(-c2nc(-c3ccccc3O)nc(-c3ccc(S(C)(=O)=O)cc3O)n2)c1. The molecule has 2 N–H and O–H groups in total. The summed E-state index contributed by atoms with van der Waals surface area (Å²) in [7, 11) is -2.26. The van der Waals surface area contributed by atoms with Gasteiger partial charge in [-0.3, -0.25) is 0 Å². The summed E-state index contributed by atoms with van der Waals surface area (Å²) in [6.45, 7) is 0. The van der Waals surface area contributed by atoms with Crippen LogP contribution in [0.4, 0.5) is 0 Å². The van der Waals surface area contributed by atoms with Crippen LogP contribution >= 0.6 is 0 Å². The molecule has 0 saturated carbocycles. The Balaban J connectivity index is 1.94. The molecule has 0 spiro atoms. The van der Waals surface area contributed by atoms with E-state index in [-0.39, 0.29) is 45.0 Å². The average molecular weight is 477 g/mol. The molecule has 3 aromatic carbocycles. The van der Waals surface area contributed by atoms with Crippen LogP contribution in [0.5, 0.6) is 11.5 Å². The maximum Gasteiger partial charge on any atom is 0.337 e. The van der Waals surface area contributed by atoms with E-state index in [2.05, 4.69) is 15.0 Å². The first-order valence-electron chi connectivity index (χ1n) is 9.94. The highest BCUT2D eigenvalue weighted by Crippen LogP contribution is 2.33. The van der Waals surface area contributed by atoms with Gasteiger partial charge in [0.1, 0.15) is 11.5 Å². The van der Waals surface area contributed by atoms with Gasteiger partial charge in [-0.15, -0.1) is 0 Å². The molecule has 0 amide bonds. The first kappa shape index (κ1) is 22.9. The molecule has 9 nitrogen and oxygen atoms in total. The molecule has 1 heterocycles. The van der Waals surface area contributed by atoms with E-state index in [1.54, 1.807) is 42.5 Å². The molecule has 34 heavy (non-hydrogen) atoms. The second kappa shape index (κ2) is 8.91. The van der Waals surface area contributed by atoms with Crippen molar-refractivity contribution in [2.45, 2.75) is 4.90 Å². The van der Waals surface area contributed by atoms with Crippen molar-refractivity contribution in [2.24, 2.45) is 0 Å². The van der Waals surface area contributed by atoms with Gasteiger partial charge < -0.3 is 14.9 Å². The Labute approximate surface area is 195 Å². The van der Waals surface area contributed by atoms with E-state index >= 15 is 0 Å². The van der Waals surface area contributed by atoms with Gasteiger partial charge in [0, 0.05) is 11.8 Å². The van der Waals surface area contributed by atoms with Crippen molar-refractivity contribution in [2.75, 3.05) is 13.4 Å². The summed E-state index contributed by atoms with van der Waals surface area (Å²) in [6, 6.07) is 16.8. The van der Waals surface area contributed by atoms with Gasteiger partial charge in [0.2, 0.25) is 0 Å². The second-order valence-electron chi connectivity index (χ2n) is 7.35. The number of aromatic hydroxyl groups is 2. The number of carbonyl (C=O) groups is 1. The number of methoxy groups -OCH3 is 1. The van der Waals surface area contributed by atoms with Crippen LogP contribution in [0.15, 0.2) is 71.6 Å². The lowest BCUT2D eigenvalue weighted by atomic mass is 10.1. The molecule has 0 unspecified atom stereocenters. The minimum atomic E-state index is -3.54. The van der Waals surface area contributed by atoms with E-state index < -0.39 is 15.8 Å². The van der Waals surface area contributed by atoms with Crippen molar-refractivity contribution in [1.82, 2.24) is 15.0 Å². The number of aromatic nitrogens is 3. The zero-order valence-electron chi connectivity index (χ0n) is 18.1. The number of phenols is 2. The summed E-state index contributed by atoms with van der Waals surface area (Å²) < 4.78 is 28.5. The Kier molecular flexibility index (Phi) is 5.99. The maximum absolute atomic E-state index is 12.0. The van der Waals surface area contributed by atoms with E-state index in [0.717, 1.165) is 12.3 Å². The summed E-state index contributed by atoms with van der Waals surface area (Å²) in [5.74, 6) is -0.610. The van der Waals surface area contributed by atoms with Crippen LogP contribution in [-0.4, -0.2) is 52.9 Å². The van der Waals surface area contributed by atoms with Gasteiger partial charge in [0.05, 0.1) is 28.7 Å². The lowest BCUT2D eigenvalue weighted by molar-refractivity contribution is 0.0600. The first-order valence-corrected chi connectivity index (χ1v) is 11.8. The molecule has 4 aromatic rings. The standard InChI is InChI=1S/C24H19N3O6S/c1-33-24(30)15-7-5-6-14(12-15)21-25-22(17-8-3-4-9-19(17)28)27-23(26-21)18-11-10-16(13-20(18)29)34(2,31)32/h3-13,28-29H,1-2H3. The Morgan fingerprint density at radius 3 is 2.06 bits per heavy atom. The van der Waals surface area contributed by atoms with Gasteiger partial charge >= 0.3 is 5.97 Å². The number of esters is 1. The third kappa shape index (κ3) is 4.57. The monoisotopic (exact) mass is 477 g/mol. The predicted molar refractivity (Wildman–Crippen MR) is 124 cm³/mol. The minimum absolute atomic E-state index is 0.0456. The number of hydrogen-bond donors (Lipinski definition) is 2. The van der Waals surface area contributed by atoms with Crippen molar-refractivity contribution in [3.05, 3.63) is 72.3 Å². The van der Waals surface area contributed by atoms with Crippen LogP contribution in [0.2, 0.25) is 0 Å². The highest BCUT2D eigenvalue weighted by molar-refractivity contribution is 7.90. The number of benzene rings is 3. The topological polar surface area (TPSA) is 140 Å². The van der Waals surface area contributed by atoms with Crippen molar-refractivity contribution in [3.63, 3.8) is 0 Å². The highest BCUT2D eigenvalue weighted by atomic mass is 32.2. The van der Waals surface area contributed by atoms with E-state index in [4.69, 9.17) is 4.74 Å². The summed E-state index contributed by atoms with van der Waals surface area (Å²) in [5.41, 5.74) is 1.24. The van der Waals surface area contributed by atoms with Crippen LogP contribution < -0.4 is 0 Å². The van der Waals surface area contributed by atoms with Crippen LogP contribution in [-0.2, 0) is 14.6 Å². The molecular weight excluding hydrogens is 458 g/mol. The minimum Gasteiger partial charge on any atom is -0.507 e. The summed E-state index contributed by atoms with van der Waals surface area (Å²) in [5, 5.41) is 20.9. The number of carbonyl (C=O) groups excluding carboxylic acids is 1. The molecule has 10 heteroatoms. The number of ether oxygens (including phenoxy) is 1. The molecule has 0 aliphatic rings. The van der Waals surface area contributed by atoms with Crippen LogP contribution in [0.25, 0.3) is 34.2 Å². The third-order valence-corrected chi connectivity index (χ3v) is 6.07. The van der Waals surface area contributed by atoms with Gasteiger partial charge in [0.25, 0.3) is 0 Å². The smallest absolute Gasteiger partial charge is 0.337 e. The van der Waals surface area contributed by atoms with E-state index in [9.17, 15) is 23.4 Å². The maximum atomic E-state index is 12.0. The fourth-order valence-corrected chi connectivity index (χ4v) is 3.88. The predicted octanol–water partition coefficient (Wildman–Crippen LogP) is 3.47. The molecular formula is C24H19N3O6S.